The van der Waals surface area contributed by atoms with Gasteiger partial charge in [0.15, 0.2) is 15.6 Å². The molecule has 3 rings (SSSR count). The molecule has 0 radical (unpaired) electrons. The molecule has 8 heteroatoms. The van der Waals surface area contributed by atoms with E-state index in [1.54, 1.807) is 29.2 Å². The van der Waals surface area contributed by atoms with Gasteiger partial charge in [0.1, 0.15) is 5.75 Å². The summed E-state index contributed by atoms with van der Waals surface area (Å²) >= 11 is 0. The lowest BCUT2D eigenvalue weighted by Crippen LogP contribution is -2.53. The molecule has 0 aliphatic carbocycles. The van der Waals surface area contributed by atoms with Gasteiger partial charge in [-0.25, -0.2) is 8.42 Å². The van der Waals surface area contributed by atoms with Crippen molar-refractivity contribution in [1.29, 1.82) is 0 Å². The lowest BCUT2D eigenvalue weighted by Gasteiger charge is -2.36. The predicted molar refractivity (Wildman–Crippen MR) is 90.5 cm³/mol. The molecular formula is C17H21NO6S. The molecule has 0 aromatic heterocycles. The van der Waals surface area contributed by atoms with Gasteiger partial charge in [-0.2, -0.15) is 0 Å². The van der Waals surface area contributed by atoms with Crippen LogP contribution in [0.4, 0.5) is 0 Å². The molecule has 0 bridgehead atoms. The number of ether oxygens (including phenoxy) is 2. The quantitative estimate of drug-likeness (QED) is 0.711. The molecule has 2 aliphatic rings. The van der Waals surface area contributed by atoms with Crippen LogP contribution in [0, 0.1) is 0 Å². The highest BCUT2D eigenvalue weighted by atomic mass is 32.2. The number of sulfone groups is 1. The third-order valence-corrected chi connectivity index (χ3v) is 6.30. The number of morpholine rings is 1. The Hall–Kier alpha value is -1.93. The Morgan fingerprint density at radius 1 is 1.28 bits per heavy atom. The Balaban J connectivity index is 1.61. The summed E-state index contributed by atoms with van der Waals surface area (Å²) in [6, 6.07) is 6.36. The molecule has 136 valence electrons. The molecule has 2 fully saturated rings. The minimum atomic E-state index is -3.18. The van der Waals surface area contributed by atoms with Gasteiger partial charge in [-0.15, -0.1) is 0 Å². The van der Waals surface area contributed by atoms with E-state index in [1.165, 1.54) is 7.11 Å². The number of benzene rings is 1. The predicted octanol–water partition coefficient (Wildman–Crippen LogP) is 0.683. The van der Waals surface area contributed by atoms with E-state index < -0.39 is 22.0 Å². The lowest BCUT2D eigenvalue weighted by atomic mass is 10.0. The number of fused-ring (bicyclic) bond motifs is 1. The molecule has 0 N–H and O–H groups in total. The average molecular weight is 367 g/mol. The third kappa shape index (κ3) is 4.01. The van der Waals surface area contributed by atoms with E-state index in [0.29, 0.717) is 24.5 Å². The van der Waals surface area contributed by atoms with Gasteiger partial charge in [0.25, 0.3) is 0 Å². The Morgan fingerprint density at radius 3 is 2.84 bits per heavy atom. The Bertz CT molecular complexity index is 775. The number of hydrogen-bond donors (Lipinski definition) is 0. The zero-order chi connectivity index (χ0) is 18.0. The number of Topliss-reactive ketones (excluding diaryl/α,β-unsaturated/α-hetero) is 1. The van der Waals surface area contributed by atoms with Crippen molar-refractivity contribution in [2.45, 2.75) is 25.0 Å². The van der Waals surface area contributed by atoms with Gasteiger partial charge in [-0.3, -0.25) is 9.59 Å². The van der Waals surface area contributed by atoms with Crippen LogP contribution in [0.1, 0.15) is 23.2 Å². The van der Waals surface area contributed by atoms with Crippen molar-refractivity contribution in [3.05, 3.63) is 29.8 Å². The van der Waals surface area contributed by atoms with Gasteiger partial charge in [0.05, 0.1) is 37.4 Å². The molecule has 2 heterocycles. The molecule has 1 aromatic carbocycles. The van der Waals surface area contributed by atoms with Gasteiger partial charge >= 0.3 is 0 Å². The number of hydrogen-bond acceptors (Lipinski definition) is 6. The van der Waals surface area contributed by atoms with Crippen LogP contribution in [0.5, 0.6) is 5.75 Å². The molecule has 2 saturated heterocycles. The maximum atomic E-state index is 12.5. The summed E-state index contributed by atoms with van der Waals surface area (Å²) in [6.07, 6.45) is -0.316. The summed E-state index contributed by atoms with van der Waals surface area (Å²) in [6.45, 7) is 0.690. The fourth-order valence-corrected chi connectivity index (χ4v) is 5.20. The number of rotatable bonds is 5. The van der Waals surface area contributed by atoms with Gasteiger partial charge in [-0.1, -0.05) is 12.1 Å². The Kier molecular flexibility index (Phi) is 5.10. The van der Waals surface area contributed by atoms with Crippen LogP contribution in [0.25, 0.3) is 0 Å². The third-order valence-electron chi connectivity index (χ3n) is 4.61. The molecular weight excluding hydrogens is 346 g/mol. The van der Waals surface area contributed by atoms with E-state index in [1.807, 2.05) is 0 Å². The number of ketones is 1. The number of carbonyl (C=O) groups excluding carboxylic acids is 2. The molecule has 1 aromatic rings. The summed E-state index contributed by atoms with van der Waals surface area (Å²) in [4.78, 5) is 26.4. The van der Waals surface area contributed by atoms with Crippen LogP contribution in [-0.4, -0.2) is 68.9 Å². The van der Waals surface area contributed by atoms with Crippen molar-refractivity contribution >= 4 is 21.5 Å². The van der Waals surface area contributed by atoms with E-state index in [9.17, 15) is 18.0 Å². The van der Waals surface area contributed by atoms with E-state index in [0.717, 1.165) is 0 Å². The Morgan fingerprint density at radius 2 is 2.08 bits per heavy atom. The minimum Gasteiger partial charge on any atom is -0.497 e. The highest BCUT2D eigenvalue weighted by molar-refractivity contribution is 7.91. The molecule has 2 aliphatic heterocycles. The number of carbonyl (C=O) groups is 2. The first-order valence-corrected chi connectivity index (χ1v) is 10.0. The van der Waals surface area contributed by atoms with Crippen LogP contribution in [0.15, 0.2) is 24.3 Å². The Labute approximate surface area is 146 Å². The summed E-state index contributed by atoms with van der Waals surface area (Å²) in [5, 5.41) is 0. The minimum absolute atomic E-state index is 0.0375. The standard InChI is InChI=1S/C17H21NO6S/c1-23-13-4-2-3-12(9-13)15(19)5-6-17(20)18-7-8-24-16-11-25(21,22)10-14(16)18/h2-4,9,14,16H,5-8,10-11H2,1H3. The van der Waals surface area contributed by atoms with Crippen molar-refractivity contribution in [1.82, 2.24) is 4.90 Å². The van der Waals surface area contributed by atoms with Crippen molar-refractivity contribution < 1.29 is 27.5 Å². The zero-order valence-electron chi connectivity index (χ0n) is 14.0. The van der Waals surface area contributed by atoms with Crippen molar-refractivity contribution in [2.75, 3.05) is 31.8 Å². The van der Waals surface area contributed by atoms with Gasteiger partial charge in [-0.05, 0) is 12.1 Å². The SMILES string of the molecule is COc1cccc(C(=O)CCC(=O)N2CCOC3CS(=O)(=O)CC32)c1. The molecule has 2 unspecified atom stereocenters. The van der Waals surface area contributed by atoms with Crippen LogP contribution in [-0.2, 0) is 19.4 Å². The van der Waals surface area contributed by atoms with E-state index in [2.05, 4.69) is 0 Å². The molecule has 25 heavy (non-hydrogen) atoms. The second-order valence-corrected chi connectivity index (χ2v) is 8.45. The van der Waals surface area contributed by atoms with Crippen molar-refractivity contribution in [2.24, 2.45) is 0 Å². The van der Waals surface area contributed by atoms with E-state index in [4.69, 9.17) is 9.47 Å². The monoisotopic (exact) mass is 367 g/mol. The maximum absolute atomic E-state index is 12.5. The second kappa shape index (κ2) is 7.13. The number of methoxy groups -OCH3 is 1. The van der Waals surface area contributed by atoms with Crippen LogP contribution in [0.3, 0.4) is 0 Å². The summed E-state index contributed by atoms with van der Waals surface area (Å²) in [7, 11) is -1.65. The van der Waals surface area contributed by atoms with E-state index >= 15 is 0 Å². The normalized spacial score (nSPS) is 24.6. The van der Waals surface area contributed by atoms with Crippen LogP contribution in [0.2, 0.25) is 0 Å². The first kappa shape index (κ1) is 17.9. The molecule has 7 nitrogen and oxygen atoms in total. The van der Waals surface area contributed by atoms with Crippen LogP contribution < -0.4 is 4.74 Å². The van der Waals surface area contributed by atoms with Gasteiger partial charge in [0, 0.05) is 24.9 Å². The highest BCUT2D eigenvalue weighted by Gasteiger charge is 2.45. The molecule has 2 atom stereocenters. The van der Waals surface area contributed by atoms with Crippen molar-refractivity contribution in [3.63, 3.8) is 0 Å². The zero-order valence-corrected chi connectivity index (χ0v) is 14.8. The topological polar surface area (TPSA) is 90.0 Å². The first-order chi connectivity index (χ1) is 11.9. The summed E-state index contributed by atoms with van der Waals surface area (Å²) in [5.74, 6) is 0.143. The van der Waals surface area contributed by atoms with Gasteiger partial charge in [0.2, 0.25) is 5.91 Å². The molecule has 1 amide bonds. The first-order valence-electron chi connectivity index (χ1n) is 8.18. The summed E-state index contributed by atoms with van der Waals surface area (Å²) in [5.41, 5.74) is 0.496. The highest BCUT2D eigenvalue weighted by Crippen LogP contribution is 2.25. The fraction of sp³-hybridized carbons (Fsp3) is 0.529. The molecule has 0 spiro atoms. The van der Waals surface area contributed by atoms with E-state index in [-0.39, 0.29) is 36.0 Å². The fourth-order valence-electron chi connectivity index (χ4n) is 3.33. The molecule has 0 saturated carbocycles. The lowest BCUT2D eigenvalue weighted by molar-refractivity contribution is -0.142. The van der Waals surface area contributed by atoms with Gasteiger partial charge < -0.3 is 14.4 Å². The van der Waals surface area contributed by atoms with Crippen molar-refractivity contribution in [3.8, 4) is 5.75 Å². The maximum Gasteiger partial charge on any atom is 0.223 e. The largest absolute Gasteiger partial charge is 0.497 e. The second-order valence-electron chi connectivity index (χ2n) is 6.30. The number of amides is 1. The summed E-state index contributed by atoms with van der Waals surface area (Å²) < 4.78 is 34.2. The number of nitrogens with zero attached hydrogens (tertiary/aromatic N) is 1. The van der Waals surface area contributed by atoms with Crippen LogP contribution >= 0.6 is 0 Å². The average Bonchev–Trinajstić information content (AvgIpc) is 2.93. The smallest absolute Gasteiger partial charge is 0.223 e.